The monoisotopic (exact) mass is 369 g/mol. The quantitative estimate of drug-likeness (QED) is 0.875. The van der Waals surface area contributed by atoms with E-state index < -0.39 is 5.97 Å². The maximum absolute atomic E-state index is 12.8. The molecule has 0 bridgehead atoms. The zero-order valence-corrected chi connectivity index (χ0v) is 16.4. The van der Waals surface area contributed by atoms with Gasteiger partial charge in [-0.1, -0.05) is 0 Å². The molecule has 2 unspecified atom stereocenters. The van der Waals surface area contributed by atoms with E-state index in [-0.39, 0.29) is 24.4 Å². The summed E-state index contributed by atoms with van der Waals surface area (Å²) in [6, 6.07) is 8.06. The van der Waals surface area contributed by atoms with Crippen molar-refractivity contribution in [1.82, 2.24) is 14.7 Å². The summed E-state index contributed by atoms with van der Waals surface area (Å²) in [6.45, 7) is 8.05. The summed E-state index contributed by atoms with van der Waals surface area (Å²) < 4.78 is 1.82. The molecule has 0 aliphatic carbocycles. The van der Waals surface area contributed by atoms with Crippen LogP contribution in [-0.2, 0) is 11.2 Å². The molecule has 3 rings (SSSR count). The summed E-state index contributed by atoms with van der Waals surface area (Å²) in [5.41, 5.74) is 4.31. The van der Waals surface area contributed by atoms with E-state index in [1.165, 1.54) is 0 Å². The highest BCUT2D eigenvalue weighted by atomic mass is 16.4. The van der Waals surface area contributed by atoms with Gasteiger partial charge in [0.05, 0.1) is 11.4 Å². The van der Waals surface area contributed by atoms with E-state index in [9.17, 15) is 9.59 Å². The first-order valence-electron chi connectivity index (χ1n) is 9.49. The minimum Gasteiger partial charge on any atom is -0.481 e. The fourth-order valence-corrected chi connectivity index (χ4v) is 4.01. The first-order valence-corrected chi connectivity index (χ1v) is 9.49. The van der Waals surface area contributed by atoms with Crippen molar-refractivity contribution in [1.29, 1.82) is 0 Å². The second-order valence-corrected chi connectivity index (χ2v) is 7.49. The van der Waals surface area contributed by atoms with Crippen molar-refractivity contribution in [2.24, 2.45) is 0 Å². The van der Waals surface area contributed by atoms with E-state index in [2.05, 4.69) is 18.9 Å². The topological polar surface area (TPSA) is 75.4 Å². The molecule has 2 atom stereocenters. The number of carboxylic acids is 1. The number of likely N-dealkylation sites (tertiary alicyclic amines) is 1. The summed E-state index contributed by atoms with van der Waals surface area (Å²) in [4.78, 5) is 25.7. The van der Waals surface area contributed by atoms with Gasteiger partial charge >= 0.3 is 5.97 Å². The molecule has 6 nitrogen and oxygen atoms in total. The van der Waals surface area contributed by atoms with Crippen LogP contribution in [0.25, 0.3) is 5.69 Å². The summed E-state index contributed by atoms with van der Waals surface area (Å²) in [6.07, 6.45) is 2.66. The van der Waals surface area contributed by atoms with Crippen molar-refractivity contribution in [2.45, 2.75) is 65.5 Å². The molecule has 1 N–H and O–H groups in total. The summed E-state index contributed by atoms with van der Waals surface area (Å²) in [5, 5.41) is 13.5. The van der Waals surface area contributed by atoms with Gasteiger partial charge in [-0.05, 0) is 76.8 Å². The molecule has 1 aromatic heterocycles. The van der Waals surface area contributed by atoms with Crippen LogP contribution in [-0.4, -0.2) is 43.7 Å². The minimum absolute atomic E-state index is 0.0783. The Kier molecular flexibility index (Phi) is 5.35. The van der Waals surface area contributed by atoms with E-state index in [1.54, 1.807) is 0 Å². The predicted molar refractivity (Wildman–Crippen MR) is 103 cm³/mol. The van der Waals surface area contributed by atoms with Crippen molar-refractivity contribution in [3.05, 3.63) is 46.8 Å². The van der Waals surface area contributed by atoms with Crippen LogP contribution in [0.2, 0.25) is 0 Å². The molecule has 2 heterocycles. The largest absolute Gasteiger partial charge is 0.481 e. The van der Waals surface area contributed by atoms with Crippen molar-refractivity contribution in [3.8, 4) is 5.69 Å². The average Bonchev–Trinajstić information content (AvgIpc) is 3.11. The fourth-order valence-electron chi connectivity index (χ4n) is 4.01. The summed E-state index contributed by atoms with van der Waals surface area (Å²) in [7, 11) is 0. The first kappa shape index (κ1) is 19.1. The van der Waals surface area contributed by atoms with Gasteiger partial charge < -0.3 is 10.0 Å². The standard InChI is InChI=1S/C21H27N3O3/c1-13-5-6-14(2)23(13)21(27)17-7-9-18(10-8-17)24-16(4)19(15(3)22-24)11-12-20(25)26/h7-10,13-14H,5-6,11-12H2,1-4H3,(H,25,26). The molecule has 0 saturated carbocycles. The van der Waals surface area contributed by atoms with E-state index in [4.69, 9.17) is 5.11 Å². The van der Waals surface area contributed by atoms with Crippen LogP contribution in [0.1, 0.15) is 60.4 Å². The Morgan fingerprint density at radius 1 is 1.11 bits per heavy atom. The highest BCUT2D eigenvalue weighted by Crippen LogP contribution is 2.26. The van der Waals surface area contributed by atoms with Gasteiger partial charge in [-0.2, -0.15) is 5.10 Å². The van der Waals surface area contributed by atoms with E-state index in [0.29, 0.717) is 12.0 Å². The van der Waals surface area contributed by atoms with Crippen molar-refractivity contribution in [2.75, 3.05) is 0 Å². The Morgan fingerprint density at radius 3 is 2.26 bits per heavy atom. The number of amides is 1. The van der Waals surface area contributed by atoms with Crippen LogP contribution in [0.3, 0.4) is 0 Å². The van der Waals surface area contributed by atoms with Gasteiger partial charge in [0, 0.05) is 29.8 Å². The lowest BCUT2D eigenvalue weighted by atomic mass is 10.1. The Hall–Kier alpha value is -2.63. The van der Waals surface area contributed by atoms with Crippen LogP contribution < -0.4 is 0 Å². The number of benzene rings is 1. The van der Waals surface area contributed by atoms with Crippen LogP contribution in [0, 0.1) is 13.8 Å². The molecule has 1 saturated heterocycles. The molecule has 1 aliphatic heterocycles. The van der Waals surface area contributed by atoms with Crippen molar-refractivity contribution in [3.63, 3.8) is 0 Å². The molecule has 1 aromatic carbocycles. The van der Waals surface area contributed by atoms with Gasteiger partial charge in [-0.3, -0.25) is 9.59 Å². The molecule has 6 heteroatoms. The number of aliphatic carboxylic acids is 1. The Balaban J connectivity index is 1.83. The van der Waals surface area contributed by atoms with E-state index >= 15 is 0 Å². The van der Waals surface area contributed by atoms with Gasteiger partial charge in [0.1, 0.15) is 0 Å². The number of aromatic nitrogens is 2. The summed E-state index contributed by atoms with van der Waals surface area (Å²) in [5.74, 6) is -0.732. The maximum atomic E-state index is 12.8. The van der Waals surface area contributed by atoms with Crippen LogP contribution >= 0.6 is 0 Å². The molecular formula is C21H27N3O3. The normalized spacial score (nSPS) is 19.5. The third-order valence-electron chi connectivity index (χ3n) is 5.58. The molecule has 1 amide bonds. The highest BCUT2D eigenvalue weighted by molar-refractivity contribution is 5.95. The molecule has 0 spiro atoms. The maximum Gasteiger partial charge on any atom is 0.303 e. The number of carbonyl (C=O) groups excluding carboxylic acids is 1. The number of aryl methyl sites for hydroxylation is 1. The number of hydrogen-bond donors (Lipinski definition) is 1. The van der Waals surface area contributed by atoms with Gasteiger partial charge in [-0.25, -0.2) is 4.68 Å². The molecule has 2 aromatic rings. The van der Waals surface area contributed by atoms with Crippen molar-refractivity contribution < 1.29 is 14.7 Å². The molecule has 144 valence electrons. The molecule has 0 radical (unpaired) electrons. The predicted octanol–water partition coefficient (Wildman–Crippen LogP) is 3.52. The third kappa shape index (κ3) is 3.75. The Labute approximate surface area is 159 Å². The van der Waals surface area contributed by atoms with E-state index in [0.717, 1.165) is 35.5 Å². The molecule has 1 aliphatic rings. The SMILES string of the molecule is Cc1nn(-c2ccc(C(=O)N3C(C)CCC3C)cc2)c(C)c1CCC(=O)O. The van der Waals surface area contributed by atoms with Crippen LogP contribution in [0.4, 0.5) is 0 Å². The lowest BCUT2D eigenvalue weighted by Gasteiger charge is -2.26. The zero-order chi connectivity index (χ0) is 19.7. The zero-order valence-electron chi connectivity index (χ0n) is 16.4. The molecular weight excluding hydrogens is 342 g/mol. The van der Waals surface area contributed by atoms with Crippen LogP contribution in [0.5, 0.6) is 0 Å². The lowest BCUT2D eigenvalue weighted by molar-refractivity contribution is -0.136. The average molecular weight is 369 g/mol. The van der Waals surface area contributed by atoms with E-state index in [1.807, 2.05) is 47.7 Å². The molecule has 1 fully saturated rings. The van der Waals surface area contributed by atoms with Crippen molar-refractivity contribution >= 4 is 11.9 Å². The second kappa shape index (κ2) is 7.55. The van der Waals surface area contributed by atoms with Gasteiger partial charge in [-0.15, -0.1) is 0 Å². The van der Waals surface area contributed by atoms with Gasteiger partial charge in [0.15, 0.2) is 0 Å². The Bertz CT molecular complexity index is 844. The Morgan fingerprint density at radius 2 is 1.70 bits per heavy atom. The number of hydrogen-bond acceptors (Lipinski definition) is 3. The van der Waals surface area contributed by atoms with Crippen LogP contribution in [0.15, 0.2) is 24.3 Å². The second-order valence-electron chi connectivity index (χ2n) is 7.49. The smallest absolute Gasteiger partial charge is 0.303 e. The lowest BCUT2D eigenvalue weighted by Crippen LogP contribution is -2.38. The number of carboxylic acid groups (broad SMARTS) is 1. The number of nitrogens with zero attached hydrogens (tertiary/aromatic N) is 3. The van der Waals surface area contributed by atoms with Gasteiger partial charge in [0.25, 0.3) is 5.91 Å². The molecule has 27 heavy (non-hydrogen) atoms. The third-order valence-corrected chi connectivity index (χ3v) is 5.58. The highest BCUT2D eigenvalue weighted by Gasteiger charge is 2.31. The number of rotatable bonds is 5. The minimum atomic E-state index is -0.810. The first-order chi connectivity index (χ1) is 12.8. The van der Waals surface area contributed by atoms with Gasteiger partial charge in [0.2, 0.25) is 0 Å². The fraction of sp³-hybridized carbons (Fsp3) is 0.476. The summed E-state index contributed by atoms with van der Waals surface area (Å²) >= 11 is 0. The number of carbonyl (C=O) groups is 2.